The first-order valence-electron chi connectivity index (χ1n) is 10.2. The van der Waals surface area contributed by atoms with Gasteiger partial charge in [-0.25, -0.2) is 8.42 Å². The van der Waals surface area contributed by atoms with Gasteiger partial charge in [-0.05, 0) is 62.5 Å². The lowest BCUT2D eigenvalue weighted by Gasteiger charge is -2.15. The number of aryl methyl sites for hydroxylation is 1. The van der Waals surface area contributed by atoms with Crippen molar-refractivity contribution in [2.45, 2.75) is 44.1 Å². The van der Waals surface area contributed by atoms with Crippen LogP contribution in [0.5, 0.6) is 0 Å². The Bertz CT molecular complexity index is 908. The van der Waals surface area contributed by atoms with Crippen LogP contribution in [-0.4, -0.2) is 60.8 Å². The van der Waals surface area contributed by atoms with Crippen molar-refractivity contribution >= 4 is 15.7 Å². The van der Waals surface area contributed by atoms with Gasteiger partial charge in [-0.2, -0.15) is 0 Å². The van der Waals surface area contributed by atoms with E-state index in [0.29, 0.717) is 18.4 Å². The van der Waals surface area contributed by atoms with E-state index >= 15 is 0 Å². The van der Waals surface area contributed by atoms with Gasteiger partial charge >= 0.3 is 0 Å². The average Bonchev–Trinajstić information content (AvgIpc) is 3.38. The third-order valence-corrected chi connectivity index (χ3v) is 6.55. The number of nitrogens with zero attached hydrogens (tertiary/aromatic N) is 2. The number of amides is 1. The summed E-state index contributed by atoms with van der Waals surface area (Å²) in [6, 6.07) is 5.63. The average molecular weight is 436 g/mol. The fraction of sp³-hybridized carbons (Fsp3) is 0.524. The zero-order valence-corrected chi connectivity index (χ0v) is 17.8. The maximum absolute atomic E-state index is 12.0. The fourth-order valence-electron chi connectivity index (χ4n) is 3.54. The van der Waals surface area contributed by atoms with Gasteiger partial charge in [0, 0.05) is 30.5 Å². The number of nitrogens with one attached hydrogen (secondary N) is 1. The summed E-state index contributed by atoms with van der Waals surface area (Å²) in [6.07, 6.45) is 7.27. The smallest absolute Gasteiger partial charge is 0.235 e. The summed E-state index contributed by atoms with van der Waals surface area (Å²) in [5.41, 5.74) is 2.62. The molecular weight excluding hydrogens is 406 g/mol. The minimum absolute atomic E-state index is 0.00747. The Balaban J connectivity index is 1.38. The molecule has 9 heteroatoms. The second-order valence-corrected chi connectivity index (χ2v) is 9.86. The highest BCUT2D eigenvalue weighted by Gasteiger charge is 2.19. The summed E-state index contributed by atoms with van der Waals surface area (Å²) in [6.45, 7) is 3.19. The van der Waals surface area contributed by atoms with Gasteiger partial charge in [0.05, 0.1) is 24.4 Å². The molecule has 0 spiro atoms. The van der Waals surface area contributed by atoms with Crippen molar-refractivity contribution in [2.75, 3.05) is 25.4 Å². The number of likely N-dealkylation sites (tertiary alicyclic amines) is 1. The molecule has 1 amide bonds. The molecule has 1 saturated heterocycles. The van der Waals surface area contributed by atoms with E-state index in [1.54, 1.807) is 12.3 Å². The van der Waals surface area contributed by atoms with Crippen LogP contribution in [0.2, 0.25) is 0 Å². The van der Waals surface area contributed by atoms with Crippen LogP contribution in [0, 0.1) is 0 Å². The highest BCUT2D eigenvalue weighted by molar-refractivity contribution is 7.91. The number of hydrogen-bond donors (Lipinski definition) is 2. The van der Waals surface area contributed by atoms with Gasteiger partial charge in [-0.1, -0.05) is 0 Å². The molecule has 2 N–H and O–H groups in total. The summed E-state index contributed by atoms with van der Waals surface area (Å²) < 4.78 is 28.9. The lowest BCUT2D eigenvalue weighted by atomic mass is 10.1. The second kappa shape index (κ2) is 10.7. The predicted octanol–water partition coefficient (Wildman–Crippen LogP) is 1.30. The van der Waals surface area contributed by atoms with Crippen molar-refractivity contribution in [3.8, 4) is 0 Å². The molecule has 3 rings (SSSR count). The number of pyridine rings is 1. The molecule has 8 nitrogen and oxygen atoms in total. The van der Waals surface area contributed by atoms with Crippen LogP contribution in [0.4, 0.5) is 0 Å². The molecule has 0 radical (unpaired) electrons. The molecule has 3 heterocycles. The molecule has 1 fully saturated rings. The molecule has 2 aromatic rings. The Morgan fingerprint density at radius 1 is 1.27 bits per heavy atom. The van der Waals surface area contributed by atoms with Crippen molar-refractivity contribution < 1.29 is 22.7 Å². The summed E-state index contributed by atoms with van der Waals surface area (Å²) >= 11 is 0. The first kappa shape index (κ1) is 22.5. The monoisotopic (exact) mass is 435 g/mol. The molecule has 2 aromatic heterocycles. The normalized spacial score (nSPS) is 15.9. The van der Waals surface area contributed by atoms with Gasteiger partial charge in [0.1, 0.15) is 5.75 Å². The molecule has 0 bridgehead atoms. The minimum Gasteiger partial charge on any atom is -0.472 e. The highest BCUT2D eigenvalue weighted by Crippen LogP contribution is 2.14. The Labute approximate surface area is 177 Å². The highest BCUT2D eigenvalue weighted by atomic mass is 32.2. The summed E-state index contributed by atoms with van der Waals surface area (Å²) in [7, 11) is -3.59. The summed E-state index contributed by atoms with van der Waals surface area (Å²) in [5.74, 6) is -1.49. The van der Waals surface area contributed by atoms with Crippen LogP contribution in [0.25, 0.3) is 0 Å². The number of furan rings is 1. The number of aromatic nitrogens is 1. The largest absolute Gasteiger partial charge is 0.472 e. The van der Waals surface area contributed by atoms with E-state index in [1.165, 1.54) is 30.9 Å². The summed E-state index contributed by atoms with van der Waals surface area (Å²) in [4.78, 5) is 18.7. The third-order valence-electron chi connectivity index (χ3n) is 5.07. The number of carbonyl (C=O) groups is 1. The molecule has 1 unspecified atom stereocenters. The van der Waals surface area contributed by atoms with Crippen molar-refractivity contribution in [3.63, 3.8) is 0 Å². The van der Waals surface area contributed by atoms with Crippen molar-refractivity contribution in [2.24, 2.45) is 0 Å². The zero-order valence-electron chi connectivity index (χ0n) is 17.0. The molecule has 1 atom stereocenters. The lowest BCUT2D eigenvalue weighted by molar-refractivity contribution is -0.119. The van der Waals surface area contributed by atoms with Gasteiger partial charge in [0.2, 0.25) is 5.91 Å². The van der Waals surface area contributed by atoms with Gasteiger partial charge in [-0.15, -0.1) is 0 Å². The number of aliphatic hydroxyl groups is 1. The Kier molecular flexibility index (Phi) is 8.01. The number of rotatable bonds is 11. The number of sulfone groups is 1. The Hall–Kier alpha value is -2.23. The van der Waals surface area contributed by atoms with Crippen LogP contribution in [0.3, 0.4) is 0 Å². The first-order chi connectivity index (χ1) is 14.4. The predicted molar refractivity (Wildman–Crippen MR) is 112 cm³/mol. The van der Waals surface area contributed by atoms with Crippen LogP contribution in [0.1, 0.15) is 36.1 Å². The van der Waals surface area contributed by atoms with Crippen molar-refractivity contribution in [1.29, 1.82) is 0 Å². The summed E-state index contributed by atoms with van der Waals surface area (Å²) in [5, 5.41) is 12.6. The molecular formula is C21H29N3O5S. The molecule has 164 valence electrons. The van der Waals surface area contributed by atoms with Crippen molar-refractivity contribution in [3.05, 3.63) is 53.7 Å². The van der Waals surface area contributed by atoms with Crippen LogP contribution in [0.15, 0.2) is 41.3 Å². The van der Waals surface area contributed by atoms with E-state index in [-0.39, 0.29) is 12.3 Å². The van der Waals surface area contributed by atoms with E-state index in [9.17, 15) is 18.3 Å². The standard InChI is InChI=1S/C21H29N3O5S/c25-20(12-23-21(26)16-30(27,28)15-18-6-10-29-14-18)4-3-19-11-17(5-7-22-19)13-24-8-1-2-9-24/h5-7,10-11,14,20,25H,1-4,8-9,12-13,15-16H2,(H,23,26). The van der Waals surface area contributed by atoms with E-state index < -0.39 is 27.6 Å². The van der Waals surface area contributed by atoms with Gasteiger partial charge in [0.25, 0.3) is 0 Å². The minimum atomic E-state index is -3.59. The topological polar surface area (TPSA) is 113 Å². The van der Waals surface area contributed by atoms with E-state index in [0.717, 1.165) is 25.3 Å². The van der Waals surface area contributed by atoms with Gasteiger partial charge in [0.15, 0.2) is 9.84 Å². The van der Waals surface area contributed by atoms with Crippen molar-refractivity contribution in [1.82, 2.24) is 15.2 Å². The zero-order chi connectivity index (χ0) is 21.4. The van der Waals surface area contributed by atoms with Crippen LogP contribution >= 0.6 is 0 Å². The number of carbonyl (C=O) groups excluding carboxylic acids is 1. The number of aliphatic hydroxyl groups excluding tert-OH is 1. The maximum atomic E-state index is 12.0. The lowest BCUT2D eigenvalue weighted by Crippen LogP contribution is -2.36. The Morgan fingerprint density at radius 2 is 2.07 bits per heavy atom. The molecule has 0 aliphatic carbocycles. The maximum Gasteiger partial charge on any atom is 0.235 e. The quantitative estimate of drug-likeness (QED) is 0.547. The SMILES string of the molecule is O=C(CS(=O)(=O)Cc1ccoc1)NCC(O)CCc1cc(CN2CCCC2)ccn1. The molecule has 0 saturated carbocycles. The molecule has 1 aliphatic heterocycles. The van der Waals surface area contributed by atoms with Crippen LogP contribution in [-0.2, 0) is 33.4 Å². The van der Waals surface area contributed by atoms with Gasteiger partial charge in [-0.3, -0.25) is 14.7 Å². The van der Waals surface area contributed by atoms with E-state index in [2.05, 4.69) is 21.3 Å². The molecule has 30 heavy (non-hydrogen) atoms. The van der Waals surface area contributed by atoms with E-state index in [4.69, 9.17) is 4.42 Å². The second-order valence-electron chi connectivity index (χ2n) is 7.80. The van der Waals surface area contributed by atoms with Crippen LogP contribution < -0.4 is 5.32 Å². The van der Waals surface area contributed by atoms with E-state index in [1.807, 2.05) is 6.07 Å². The third kappa shape index (κ3) is 7.55. The fourth-order valence-corrected chi connectivity index (χ4v) is 4.82. The Morgan fingerprint density at radius 3 is 2.80 bits per heavy atom. The first-order valence-corrected chi connectivity index (χ1v) is 12.0. The molecule has 0 aromatic carbocycles. The molecule has 1 aliphatic rings. The van der Waals surface area contributed by atoms with Gasteiger partial charge < -0.3 is 14.8 Å². The number of hydrogen-bond acceptors (Lipinski definition) is 7.